The number of aryl methyl sites for hydroxylation is 2. The van der Waals surface area contributed by atoms with E-state index in [9.17, 15) is 22.8 Å². The van der Waals surface area contributed by atoms with Crippen LogP contribution in [0.1, 0.15) is 46.7 Å². The summed E-state index contributed by atoms with van der Waals surface area (Å²) < 4.78 is 41.7. The molecule has 1 heterocycles. The number of pyridine rings is 1. The third kappa shape index (κ3) is 7.17. The third-order valence-corrected chi connectivity index (χ3v) is 4.35. The molecule has 0 bridgehead atoms. The van der Waals surface area contributed by atoms with Crippen LogP contribution in [0.2, 0.25) is 0 Å². The molecule has 1 aromatic heterocycles. The van der Waals surface area contributed by atoms with Crippen LogP contribution in [0.25, 0.3) is 0 Å². The lowest BCUT2D eigenvalue weighted by molar-refractivity contribution is -0.153. The van der Waals surface area contributed by atoms with Crippen LogP contribution in [-0.4, -0.2) is 29.5 Å². The molecule has 162 valence electrons. The van der Waals surface area contributed by atoms with Crippen molar-refractivity contribution in [1.29, 1.82) is 0 Å². The fourth-order valence-electron chi connectivity index (χ4n) is 2.77. The quantitative estimate of drug-likeness (QED) is 0.687. The Balaban J connectivity index is 2.02. The lowest BCUT2D eigenvalue weighted by Crippen LogP contribution is -2.23. The van der Waals surface area contributed by atoms with Gasteiger partial charge in [-0.2, -0.15) is 13.2 Å². The number of nitrogens with one attached hydrogen (secondary N) is 1. The first-order valence-electron chi connectivity index (χ1n) is 9.52. The van der Waals surface area contributed by atoms with Gasteiger partial charge in [0.1, 0.15) is 11.5 Å². The number of halogens is 3. The molecule has 0 unspecified atom stereocenters. The molecular weight excluding hydrogens is 397 g/mol. The van der Waals surface area contributed by atoms with E-state index in [2.05, 4.69) is 10.3 Å². The molecule has 0 radical (unpaired) electrons. The van der Waals surface area contributed by atoms with Crippen LogP contribution >= 0.6 is 0 Å². The van der Waals surface area contributed by atoms with Crippen LogP contribution in [-0.2, 0) is 17.8 Å². The average molecular weight is 422 g/mol. The number of rotatable bonds is 8. The molecule has 1 amide bonds. The Labute approximate surface area is 173 Å². The molecule has 0 saturated carbocycles. The van der Waals surface area contributed by atoms with Crippen molar-refractivity contribution in [2.45, 2.75) is 46.8 Å². The van der Waals surface area contributed by atoms with Gasteiger partial charge in [-0.05, 0) is 43.2 Å². The highest BCUT2D eigenvalue weighted by Gasteiger charge is 2.28. The van der Waals surface area contributed by atoms with Crippen LogP contribution < -0.4 is 10.1 Å². The third-order valence-electron chi connectivity index (χ3n) is 4.35. The first-order chi connectivity index (χ1) is 13.9. The number of benzene rings is 1. The summed E-state index contributed by atoms with van der Waals surface area (Å²) in [5.41, 5.74) is 2.84. The number of ketones is 1. The van der Waals surface area contributed by atoms with Gasteiger partial charge >= 0.3 is 6.18 Å². The summed E-state index contributed by atoms with van der Waals surface area (Å²) in [6.45, 7) is 5.86. The Morgan fingerprint density at radius 1 is 1.13 bits per heavy atom. The Hall–Kier alpha value is -2.90. The fraction of sp³-hybridized carbons (Fsp3) is 0.409. The van der Waals surface area contributed by atoms with Gasteiger partial charge in [0.05, 0.1) is 0 Å². The molecular formula is C22H25F3N2O3. The van der Waals surface area contributed by atoms with E-state index in [1.807, 2.05) is 13.8 Å². The number of carbonyl (C=O) groups is 2. The highest BCUT2D eigenvalue weighted by Crippen LogP contribution is 2.23. The number of nitrogens with zero attached hydrogens (tertiary/aromatic N) is 1. The Bertz CT molecular complexity index is 924. The molecule has 0 spiro atoms. The van der Waals surface area contributed by atoms with Crippen LogP contribution in [0, 0.1) is 19.8 Å². The van der Waals surface area contributed by atoms with Crippen LogP contribution in [0.3, 0.4) is 0 Å². The summed E-state index contributed by atoms with van der Waals surface area (Å²) in [6, 6.07) is 7.95. The lowest BCUT2D eigenvalue weighted by Gasteiger charge is -2.13. The second kappa shape index (κ2) is 9.73. The zero-order chi connectivity index (χ0) is 22.5. The fourth-order valence-corrected chi connectivity index (χ4v) is 2.77. The molecule has 0 aliphatic carbocycles. The number of hydrogen-bond donors (Lipinski definition) is 1. The van der Waals surface area contributed by atoms with Crippen molar-refractivity contribution in [3.8, 4) is 5.75 Å². The highest BCUT2D eigenvalue weighted by atomic mass is 19.4. The van der Waals surface area contributed by atoms with Crippen molar-refractivity contribution in [2.75, 3.05) is 6.61 Å². The normalized spacial score (nSPS) is 11.5. The first kappa shape index (κ1) is 23.4. The van der Waals surface area contributed by atoms with E-state index in [4.69, 9.17) is 4.74 Å². The molecule has 0 saturated heterocycles. The van der Waals surface area contributed by atoms with E-state index >= 15 is 0 Å². The zero-order valence-corrected chi connectivity index (χ0v) is 17.4. The Kier molecular flexibility index (Phi) is 7.59. The monoisotopic (exact) mass is 422 g/mol. The number of amides is 1. The van der Waals surface area contributed by atoms with Gasteiger partial charge in [0.15, 0.2) is 6.61 Å². The van der Waals surface area contributed by atoms with E-state index in [1.54, 1.807) is 38.1 Å². The molecule has 8 heteroatoms. The smallest absolute Gasteiger partial charge is 0.422 e. The minimum atomic E-state index is -4.40. The van der Waals surface area contributed by atoms with Crippen molar-refractivity contribution in [3.63, 3.8) is 0 Å². The largest absolute Gasteiger partial charge is 0.484 e. The summed E-state index contributed by atoms with van der Waals surface area (Å²) in [4.78, 5) is 28.8. The molecule has 0 fully saturated rings. The van der Waals surface area contributed by atoms with Gasteiger partial charge in [-0.1, -0.05) is 26.0 Å². The second-order valence-corrected chi connectivity index (χ2v) is 7.47. The van der Waals surface area contributed by atoms with E-state index in [1.165, 1.54) is 6.07 Å². The molecule has 2 rings (SSSR count). The predicted molar refractivity (Wildman–Crippen MR) is 106 cm³/mol. The molecule has 5 nitrogen and oxygen atoms in total. The topological polar surface area (TPSA) is 68.3 Å². The molecule has 1 aromatic carbocycles. The minimum Gasteiger partial charge on any atom is -0.484 e. The van der Waals surface area contributed by atoms with Crippen LogP contribution in [0.5, 0.6) is 5.75 Å². The van der Waals surface area contributed by atoms with E-state index in [0.717, 1.165) is 5.56 Å². The molecule has 1 N–H and O–H groups in total. The summed E-state index contributed by atoms with van der Waals surface area (Å²) in [6.07, 6.45) is -4.24. The van der Waals surface area contributed by atoms with Gasteiger partial charge in [0, 0.05) is 35.8 Å². The second-order valence-electron chi connectivity index (χ2n) is 7.47. The zero-order valence-electron chi connectivity index (χ0n) is 17.4. The molecule has 0 aliphatic rings. The standard InChI is InChI=1S/C22H25F3N2O3/c1-13(2)19(28)10-18-9-17(8-15(4)27-18)21(29)26-11-16-5-6-20(14(3)7-16)30-12-22(23,24)25/h5-9,13H,10-12H2,1-4H3,(H,26,29). The van der Waals surface area contributed by atoms with Crippen molar-refractivity contribution in [2.24, 2.45) is 5.92 Å². The van der Waals surface area contributed by atoms with Crippen molar-refractivity contribution < 1.29 is 27.5 Å². The minimum absolute atomic E-state index is 0.0442. The average Bonchev–Trinajstić information content (AvgIpc) is 2.64. The van der Waals surface area contributed by atoms with Gasteiger partial charge in [0.25, 0.3) is 5.91 Å². The number of carbonyl (C=O) groups excluding carboxylic acids is 2. The Morgan fingerprint density at radius 2 is 1.83 bits per heavy atom. The van der Waals surface area contributed by atoms with E-state index < -0.39 is 12.8 Å². The summed E-state index contributed by atoms with van der Waals surface area (Å²) >= 11 is 0. The molecule has 30 heavy (non-hydrogen) atoms. The predicted octanol–water partition coefficient (Wildman–Crippen LogP) is 4.34. The Morgan fingerprint density at radius 3 is 2.43 bits per heavy atom. The van der Waals surface area contributed by atoms with Gasteiger partial charge in [-0.3, -0.25) is 14.6 Å². The van der Waals surface area contributed by atoms with Gasteiger partial charge < -0.3 is 10.1 Å². The number of aromatic nitrogens is 1. The first-order valence-corrected chi connectivity index (χ1v) is 9.52. The number of Topliss-reactive ketones (excluding diaryl/α,β-unsaturated/α-hetero) is 1. The molecule has 0 atom stereocenters. The summed E-state index contributed by atoms with van der Waals surface area (Å²) in [5, 5.41) is 2.78. The van der Waals surface area contributed by atoms with Crippen molar-refractivity contribution >= 4 is 11.7 Å². The molecule has 0 aliphatic heterocycles. The SMILES string of the molecule is Cc1cc(C(=O)NCc2ccc(OCC(F)(F)F)c(C)c2)cc(CC(=O)C(C)C)n1. The van der Waals surface area contributed by atoms with Crippen molar-refractivity contribution in [1.82, 2.24) is 10.3 Å². The van der Waals surface area contributed by atoms with Gasteiger partial charge in [0.2, 0.25) is 0 Å². The number of alkyl halides is 3. The number of ether oxygens (including phenoxy) is 1. The van der Waals surface area contributed by atoms with Crippen molar-refractivity contribution in [3.05, 3.63) is 58.4 Å². The maximum atomic E-state index is 12.5. The maximum absolute atomic E-state index is 12.5. The van der Waals surface area contributed by atoms with Crippen LogP contribution in [0.4, 0.5) is 13.2 Å². The number of hydrogen-bond acceptors (Lipinski definition) is 4. The van der Waals surface area contributed by atoms with Gasteiger partial charge in [-0.15, -0.1) is 0 Å². The molecule has 2 aromatic rings. The maximum Gasteiger partial charge on any atom is 0.422 e. The van der Waals surface area contributed by atoms with Gasteiger partial charge in [-0.25, -0.2) is 0 Å². The summed E-state index contributed by atoms with van der Waals surface area (Å²) in [5.74, 6) is -0.251. The summed E-state index contributed by atoms with van der Waals surface area (Å²) in [7, 11) is 0. The van der Waals surface area contributed by atoms with E-state index in [-0.39, 0.29) is 36.3 Å². The van der Waals surface area contributed by atoms with E-state index in [0.29, 0.717) is 22.5 Å². The van der Waals surface area contributed by atoms with Crippen LogP contribution in [0.15, 0.2) is 30.3 Å². The highest BCUT2D eigenvalue weighted by molar-refractivity contribution is 5.94. The lowest BCUT2D eigenvalue weighted by atomic mass is 10.0.